The summed E-state index contributed by atoms with van der Waals surface area (Å²) in [7, 11) is 0. The molecule has 5 aromatic carbocycles. The maximum Gasteiger partial charge on any atom is 0 e. The van der Waals surface area contributed by atoms with E-state index in [1.54, 1.807) is 0 Å². The molecule has 7 rings (SSSR count). The third-order valence-electron chi connectivity index (χ3n) is 11.6. The van der Waals surface area contributed by atoms with Crippen molar-refractivity contribution in [2.24, 2.45) is 11.8 Å². The van der Waals surface area contributed by atoms with Gasteiger partial charge in [-0.2, -0.15) is 0 Å². The van der Waals surface area contributed by atoms with Crippen LogP contribution in [0.25, 0.3) is 32.1 Å². The number of thiophene rings is 1. The zero-order valence-electron chi connectivity index (χ0n) is 34.9. The van der Waals surface area contributed by atoms with Crippen LogP contribution in [0.2, 0.25) is 0 Å². The van der Waals surface area contributed by atoms with E-state index >= 15 is 0 Å². The Morgan fingerprint density at radius 3 is 1.72 bits per heavy atom. The predicted octanol–water partition coefficient (Wildman–Crippen LogP) is 11.6. The number of allylic oxidation sites excluding steroid dienone is 2. The van der Waals surface area contributed by atoms with Crippen molar-refractivity contribution < 1.29 is 30.0 Å². The Morgan fingerprint density at radius 1 is 0.724 bits per heavy atom. The molecule has 0 spiro atoms. The van der Waals surface area contributed by atoms with Gasteiger partial charge in [-0.3, -0.25) is 4.79 Å². The molecule has 0 saturated heterocycles. The van der Waals surface area contributed by atoms with Gasteiger partial charge in [-0.05, 0) is 25.7 Å². The van der Waals surface area contributed by atoms with E-state index in [1.807, 2.05) is 45.2 Å². The fourth-order valence-corrected chi connectivity index (χ4v) is 22.5. The van der Waals surface area contributed by atoms with Gasteiger partial charge in [0.05, 0.1) is 5.76 Å². The molecule has 0 aliphatic rings. The summed E-state index contributed by atoms with van der Waals surface area (Å²) in [6.45, 7) is 14.9. The summed E-state index contributed by atoms with van der Waals surface area (Å²) in [5.41, 5.74) is 4.83. The van der Waals surface area contributed by atoms with Crippen molar-refractivity contribution >= 4 is 68.1 Å². The molecule has 0 atom stereocenters. The molecular formula is C52H56GeIrNO2S-. The topological polar surface area (TPSA) is 50.2 Å². The summed E-state index contributed by atoms with van der Waals surface area (Å²) < 4.78 is 7.09. The minimum absolute atomic E-state index is 0. The van der Waals surface area contributed by atoms with E-state index < -0.39 is 13.3 Å². The number of pyridine rings is 1. The first-order valence-corrected chi connectivity index (χ1v) is 25.6. The Bertz CT molecular complexity index is 2340. The zero-order chi connectivity index (χ0) is 40.5. The van der Waals surface area contributed by atoms with Gasteiger partial charge in [0.25, 0.3) is 0 Å². The molecular weight excluding hydrogens is 967 g/mol. The van der Waals surface area contributed by atoms with Gasteiger partial charge in [-0.1, -0.05) is 27.7 Å². The zero-order valence-corrected chi connectivity index (χ0v) is 40.2. The molecule has 0 aliphatic carbocycles. The fraction of sp³-hybridized carbons (Fsp3) is 0.269. The molecule has 0 bridgehead atoms. The third kappa shape index (κ3) is 9.19. The maximum atomic E-state index is 11.7. The Balaban J connectivity index is 0.000000344. The maximum absolute atomic E-state index is 11.7. The SMILES string of the molecule is CCC(CC)C(=O)/C=C(\O)C(CC)CC.Cc1[c]([Ge]([c]2ccccc2)([c]2ccccc2)[c]2ccccc2)sc2c(-c3[c-]c4ccccc4c(C(C)C)c3)nccc12.[Ir]. The molecule has 0 unspecified atom stereocenters. The first kappa shape index (κ1) is 45.0. The Kier molecular flexibility index (Phi) is 16.1. The minimum Gasteiger partial charge on any atom is 0 e. The number of hydrogen-bond donors (Lipinski definition) is 1. The average molecular weight is 1020 g/mol. The molecule has 0 amide bonds. The van der Waals surface area contributed by atoms with Crippen LogP contribution in [0.4, 0.5) is 0 Å². The van der Waals surface area contributed by atoms with Gasteiger partial charge in [0.1, 0.15) is 0 Å². The van der Waals surface area contributed by atoms with Gasteiger partial charge < -0.3 is 5.11 Å². The second kappa shape index (κ2) is 20.7. The Labute approximate surface area is 366 Å². The molecule has 0 saturated carbocycles. The standard InChI is InChI=1S/C39H32GeNS.C13H24O2.Ir/c1-27(2)36-26-30(25-29-15-13-14-22-35(29)36)37-38-34(23-24-41-37)28(3)39(42-38)40(31-16-7-4-8-17-31,32-18-9-5-10-19-32)33-20-11-6-12-21-33;1-5-10(6-2)12(14)9-13(15)11(7-3)8-4;/h4-24,26-27H,1-3H3;9-11,14H,5-8H2,1-4H3;/q-1;;/b;12-9-;. The molecule has 58 heavy (non-hydrogen) atoms. The van der Waals surface area contributed by atoms with Gasteiger partial charge in [-0.25, -0.2) is 0 Å². The summed E-state index contributed by atoms with van der Waals surface area (Å²) in [5, 5.41) is 13.5. The van der Waals surface area contributed by atoms with E-state index in [0.29, 0.717) is 5.92 Å². The van der Waals surface area contributed by atoms with Crippen LogP contribution >= 0.6 is 11.3 Å². The number of nitrogens with zero attached hydrogens (tertiary/aromatic N) is 1. The fourth-order valence-electron chi connectivity index (χ4n) is 8.30. The number of aromatic nitrogens is 1. The van der Waals surface area contributed by atoms with Crippen molar-refractivity contribution in [3.8, 4) is 11.3 Å². The summed E-state index contributed by atoms with van der Waals surface area (Å²) in [6.07, 6.45) is 6.89. The van der Waals surface area contributed by atoms with Crippen molar-refractivity contribution in [3.05, 3.63) is 163 Å². The van der Waals surface area contributed by atoms with E-state index in [0.717, 1.165) is 42.3 Å². The summed E-state index contributed by atoms with van der Waals surface area (Å²) in [6, 6.07) is 50.7. The number of benzene rings is 5. The molecule has 1 radical (unpaired) electrons. The van der Waals surface area contributed by atoms with Crippen LogP contribution in [0.1, 0.15) is 84.3 Å². The van der Waals surface area contributed by atoms with Crippen LogP contribution in [-0.4, -0.2) is 29.1 Å². The second-order valence-electron chi connectivity index (χ2n) is 15.3. The number of ketones is 1. The number of rotatable bonds is 13. The molecule has 3 nitrogen and oxygen atoms in total. The third-order valence-corrected chi connectivity index (χ3v) is 24.7. The van der Waals surface area contributed by atoms with Gasteiger partial charge in [0, 0.05) is 38.0 Å². The van der Waals surface area contributed by atoms with Gasteiger partial charge in [-0.15, -0.1) is 0 Å². The first-order chi connectivity index (χ1) is 27.7. The molecule has 2 heterocycles. The van der Waals surface area contributed by atoms with Crippen LogP contribution in [-0.2, 0) is 24.9 Å². The van der Waals surface area contributed by atoms with Crippen LogP contribution in [0.5, 0.6) is 0 Å². The summed E-state index contributed by atoms with van der Waals surface area (Å²) in [4.78, 5) is 16.8. The summed E-state index contributed by atoms with van der Waals surface area (Å²) in [5.74, 6) is 0.950. The van der Waals surface area contributed by atoms with Crippen LogP contribution in [0.3, 0.4) is 0 Å². The van der Waals surface area contributed by atoms with E-state index in [9.17, 15) is 9.90 Å². The monoisotopic (exact) mass is 1030 g/mol. The average Bonchev–Trinajstić information content (AvgIpc) is 3.59. The van der Waals surface area contributed by atoms with E-state index in [4.69, 9.17) is 4.98 Å². The molecule has 6 heteroatoms. The normalized spacial score (nSPS) is 11.9. The quantitative estimate of drug-likeness (QED) is 0.0542. The van der Waals surface area contributed by atoms with Crippen molar-refractivity contribution in [2.75, 3.05) is 0 Å². The number of carbonyl (C=O) groups is 1. The van der Waals surface area contributed by atoms with Crippen molar-refractivity contribution in [1.82, 2.24) is 4.98 Å². The van der Waals surface area contributed by atoms with Crippen molar-refractivity contribution in [2.45, 2.75) is 80.1 Å². The van der Waals surface area contributed by atoms with Gasteiger partial charge >= 0.3 is 256 Å². The molecule has 7 aromatic rings. The summed E-state index contributed by atoms with van der Waals surface area (Å²) >= 11 is -1.44. The number of aliphatic hydroxyl groups is 1. The number of hydrogen-bond acceptors (Lipinski definition) is 4. The molecule has 0 fully saturated rings. The van der Waals surface area contributed by atoms with Crippen LogP contribution < -0.4 is 16.9 Å². The van der Waals surface area contributed by atoms with Crippen LogP contribution in [0.15, 0.2) is 145 Å². The predicted molar refractivity (Wildman–Crippen MR) is 248 cm³/mol. The minimum atomic E-state index is -3.40. The second-order valence-corrected chi connectivity index (χ2v) is 24.9. The van der Waals surface area contributed by atoms with Crippen LogP contribution in [0, 0.1) is 24.8 Å². The smallest absolute Gasteiger partial charge is 0 e. The van der Waals surface area contributed by atoms with Gasteiger partial charge in [0.2, 0.25) is 0 Å². The molecule has 1 N–H and O–H groups in total. The van der Waals surface area contributed by atoms with E-state index in [1.165, 1.54) is 49.6 Å². The van der Waals surface area contributed by atoms with E-state index in [2.05, 4.69) is 154 Å². The first-order valence-electron chi connectivity index (χ1n) is 20.6. The number of aryl methyl sites for hydroxylation is 1. The molecule has 2 aromatic heterocycles. The van der Waals surface area contributed by atoms with Crippen molar-refractivity contribution in [3.63, 3.8) is 0 Å². The van der Waals surface area contributed by atoms with Crippen molar-refractivity contribution in [1.29, 1.82) is 0 Å². The number of fused-ring (bicyclic) bond motifs is 2. The Morgan fingerprint density at radius 2 is 1.22 bits per heavy atom. The Hall–Kier alpha value is -4.13. The van der Waals surface area contributed by atoms with Gasteiger partial charge in [0.15, 0.2) is 5.78 Å². The molecule has 0 aliphatic heterocycles. The largest absolute Gasteiger partial charge is 0 e. The van der Waals surface area contributed by atoms with E-state index in [-0.39, 0.29) is 43.5 Å². The molecule has 301 valence electrons. The number of carbonyl (C=O) groups excluding carboxylic acids is 1. The number of aliphatic hydroxyl groups excluding tert-OH is 1.